The minimum Gasteiger partial charge on any atom is -0.323 e. The first kappa shape index (κ1) is 9.45. The Bertz CT molecular complexity index is 428. The SMILES string of the molecule is NN=Cc1ccc(Cn2cccn2)cc1. The van der Waals surface area contributed by atoms with Crippen molar-refractivity contribution in [3.8, 4) is 0 Å². The van der Waals surface area contributed by atoms with Gasteiger partial charge in [-0.15, -0.1) is 0 Å². The Morgan fingerprint density at radius 1 is 1.33 bits per heavy atom. The van der Waals surface area contributed by atoms with E-state index in [0.717, 1.165) is 12.1 Å². The van der Waals surface area contributed by atoms with Crippen molar-refractivity contribution in [3.05, 3.63) is 53.9 Å². The lowest BCUT2D eigenvalue weighted by Crippen LogP contribution is -1.99. The molecule has 2 N–H and O–H groups in total. The van der Waals surface area contributed by atoms with E-state index in [4.69, 9.17) is 5.84 Å². The van der Waals surface area contributed by atoms with Gasteiger partial charge in [-0.1, -0.05) is 24.3 Å². The van der Waals surface area contributed by atoms with Crippen LogP contribution in [0.5, 0.6) is 0 Å². The minimum atomic E-state index is 0.785. The van der Waals surface area contributed by atoms with Crippen molar-refractivity contribution in [2.45, 2.75) is 6.54 Å². The summed E-state index contributed by atoms with van der Waals surface area (Å²) < 4.78 is 1.88. The van der Waals surface area contributed by atoms with E-state index in [2.05, 4.69) is 10.2 Å². The Morgan fingerprint density at radius 2 is 2.13 bits per heavy atom. The molecule has 4 nitrogen and oxygen atoms in total. The van der Waals surface area contributed by atoms with Crippen LogP contribution in [0.3, 0.4) is 0 Å². The molecule has 0 saturated heterocycles. The third-order valence-electron chi connectivity index (χ3n) is 2.11. The highest BCUT2D eigenvalue weighted by molar-refractivity contribution is 5.79. The summed E-state index contributed by atoms with van der Waals surface area (Å²) in [5.41, 5.74) is 2.20. The van der Waals surface area contributed by atoms with E-state index in [-0.39, 0.29) is 0 Å². The van der Waals surface area contributed by atoms with Gasteiger partial charge in [0.1, 0.15) is 0 Å². The number of hydrogen-bond acceptors (Lipinski definition) is 3. The largest absolute Gasteiger partial charge is 0.323 e. The standard InChI is InChI=1S/C11H12N4/c12-13-8-10-2-4-11(5-3-10)9-15-7-1-6-14-15/h1-8H,9,12H2. The third kappa shape index (κ3) is 2.43. The number of nitrogens with two attached hydrogens (primary N) is 1. The molecular formula is C11H12N4. The molecule has 0 atom stereocenters. The maximum Gasteiger partial charge on any atom is 0.0659 e. The maximum atomic E-state index is 5.06. The van der Waals surface area contributed by atoms with E-state index in [1.807, 2.05) is 41.2 Å². The predicted molar refractivity (Wildman–Crippen MR) is 59.6 cm³/mol. The molecular weight excluding hydrogens is 188 g/mol. The molecule has 0 spiro atoms. The summed E-state index contributed by atoms with van der Waals surface area (Å²) in [6, 6.07) is 9.96. The first-order valence-corrected chi connectivity index (χ1v) is 4.68. The van der Waals surface area contributed by atoms with Gasteiger partial charge in [-0.25, -0.2) is 0 Å². The van der Waals surface area contributed by atoms with E-state index in [1.54, 1.807) is 12.4 Å². The second-order valence-corrected chi connectivity index (χ2v) is 3.22. The molecule has 0 aliphatic heterocycles. The smallest absolute Gasteiger partial charge is 0.0659 e. The summed E-state index contributed by atoms with van der Waals surface area (Å²) in [4.78, 5) is 0. The Labute approximate surface area is 88.0 Å². The lowest BCUT2D eigenvalue weighted by molar-refractivity contribution is 0.687. The van der Waals surface area contributed by atoms with Crippen molar-refractivity contribution in [1.82, 2.24) is 9.78 Å². The molecule has 76 valence electrons. The Balaban J connectivity index is 2.10. The third-order valence-corrected chi connectivity index (χ3v) is 2.11. The fourth-order valence-electron chi connectivity index (χ4n) is 1.38. The average molecular weight is 200 g/mol. The van der Waals surface area contributed by atoms with Gasteiger partial charge in [0.05, 0.1) is 12.8 Å². The highest BCUT2D eigenvalue weighted by Gasteiger charge is 1.94. The van der Waals surface area contributed by atoms with Crippen molar-refractivity contribution in [2.75, 3.05) is 0 Å². The van der Waals surface area contributed by atoms with Crippen LogP contribution >= 0.6 is 0 Å². The van der Waals surface area contributed by atoms with E-state index >= 15 is 0 Å². The van der Waals surface area contributed by atoms with Gasteiger partial charge in [-0.05, 0) is 17.2 Å². The maximum absolute atomic E-state index is 5.06. The van der Waals surface area contributed by atoms with Crippen molar-refractivity contribution >= 4 is 6.21 Å². The molecule has 0 unspecified atom stereocenters. The summed E-state index contributed by atoms with van der Waals surface area (Å²) in [7, 11) is 0. The summed E-state index contributed by atoms with van der Waals surface area (Å²) in [5, 5.41) is 7.61. The number of aromatic nitrogens is 2. The van der Waals surface area contributed by atoms with E-state index in [0.29, 0.717) is 0 Å². The normalized spacial score (nSPS) is 10.9. The zero-order valence-corrected chi connectivity index (χ0v) is 8.24. The van der Waals surface area contributed by atoms with Crippen molar-refractivity contribution in [2.24, 2.45) is 10.9 Å². The molecule has 0 fully saturated rings. The first-order chi connectivity index (χ1) is 7.38. The van der Waals surface area contributed by atoms with Gasteiger partial charge in [0.25, 0.3) is 0 Å². The van der Waals surface area contributed by atoms with Crippen LogP contribution in [0, 0.1) is 0 Å². The topological polar surface area (TPSA) is 56.2 Å². The molecule has 2 rings (SSSR count). The number of benzene rings is 1. The monoisotopic (exact) mass is 200 g/mol. The molecule has 1 aromatic heterocycles. The van der Waals surface area contributed by atoms with Crippen LogP contribution < -0.4 is 5.84 Å². The quantitative estimate of drug-likeness (QED) is 0.460. The van der Waals surface area contributed by atoms with Crippen LogP contribution in [0.1, 0.15) is 11.1 Å². The van der Waals surface area contributed by atoms with Crippen LogP contribution in [0.15, 0.2) is 47.8 Å². The van der Waals surface area contributed by atoms with Gasteiger partial charge in [0.15, 0.2) is 0 Å². The van der Waals surface area contributed by atoms with Crippen molar-refractivity contribution in [3.63, 3.8) is 0 Å². The molecule has 4 heteroatoms. The van der Waals surface area contributed by atoms with Crippen LogP contribution in [0.25, 0.3) is 0 Å². The van der Waals surface area contributed by atoms with Gasteiger partial charge in [0.2, 0.25) is 0 Å². The molecule has 0 radical (unpaired) electrons. The fraction of sp³-hybridized carbons (Fsp3) is 0.0909. The second-order valence-electron chi connectivity index (χ2n) is 3.22. The summed E-state index contributed by atoms with van der Waals surface area (Å²) in [5.74, 6) is 5.06. The summed E-state index contributed by atoms with van der Waals surface area (Å²) in [6.07, 6.45) is 5.34. The molecule has 1 heterocycles. The average Bonchev–Trinajstić information content (AvgIpc) is 2.74. The second kappa shape index (κ2) is 4.41. The Hall–Kier alpha value is -2.10. The van der Waals surface area contributed by atoms with Crippen LogP contribution in [-0.4, -0.2) is 16.0 Å². The predicted octanol–water partition coefficient (Wildman–Crippen LogP) is 1.22. The lowest BCUT2D eigenvalue weighted by Gasteiger charge is -2.01. The summed E-state index contributed by atoms with van der Waals surface area (Å²) >= 11 is 0. The number of hydrazone groups is 1. The van der Waals surface area contributed by atoms with Crippen LogP contribution in [0.2, 0.25) is 0 Å². The van der Waals surface area contributed by atoms with Gasteiger partial charge in [-0.3, -0.25) is 4.68 Å². The zero-order chi connectivity index (χ0) is 10.5. The van der Waals surface area contributed by atoms with E-state index < -0.39 is 0 Å². The fourth-order valence-corrected chi connectivity index (χ4v) is 1.38. The van der Waals surface area contributed by atoms with Gasteiger partial charge >= 0.3 is 0 Å². The van der Waals surface area contributed by atoms with Crippen LogP contribution in [0.4, 0.5) is 0 Å². The minimum absolute atomic E-state index is 0.785. The summed E-state index contributed by atoms with van der Waals surface area (Å²) in [6.45, 7) is 0.785. The van der Waals surface area contributed by atoms with Crippen LogP contribution in [-0.2, 0) is 6.54 Å². The Kier molecular flexibility index (Phi) is 2.78. The molecule has 0 bridgehead atoms. The van der Waals surface area contributed by atoms with Gasteiger partial charge in [0, 0.05) is 12.4 Å². The molecule has 0 saturated carbocycles. The van der Waals surface area contributed by atoms with E-state index in [9.17, 15) is 0 Å². The molecule has 0 amide bonds. The van der Waals surface area contributed by atoms with Gasteiger partial charge < -0.3 is 5.84 Å². The first-order valence-electron chi connectivity index (χ1n) is 4.68. The Morgan fingerprint density at radius 3 is 2.73 bits per heavy atom. The highest BCUT2D eigenvalue weighted by Crippen LogP contribution is 2.04. The van der Waals surface area contributed by atoms with Crippen molar-refractivity contribution in [1.29, 1.82) is 0 Å². The number of nitrogens with zero attached hydrogens (tertiary/aromatic N) is 3. The number of rotatable bonds is 3. The van der Waals surface area contributed by atoms with Gasteiger partial charge in [-0.2, -0.15) is 10.2 Å². The lowest BCUT2D eigenvalue weighted by atomic mass is 10.1. The molecule has 1 aromatic carbocycles. The molecule has 0 aliphatic rings. The van der Waals surface area contributed by atoms with Crippen molar-refractivity contribution < 1.29 is 0 Å². The zero-order valence-electron chi connectivity index (χ0n) is 8.24. The van der Waals surface area contributed by atoms with E-state index in [1.165, 1.54) is 5.56 Å². The molecule has 0 aliphatic carbocycles. The number of hydrogen-bond donors (Lipinski definition) is 1. The molecule has 15 heavy (non-hydrogen) atoms. The molecule has 2 aromatic rings. The highest BCUT2D eigenvalue weighted by atomic mass is 15.3.